The van der Waals surface area contributed by atoms with E-state index in [-0.39, 0.29) is 6.17 Å². The largest absolute Gasteiger partial charge is 0.379 e. The van der Waals surface area contributed by atoms with E-state index in [9.17, 15) is 0 Å². The summed E-state index contributed by atoms with van der Waals surface area (Å²) in [5, 5.41) is 6.15. The minimum Gasteiger partial charge on any atom is -0.379 e. The van der Waals surface area contributed by atoms with Crippen LogP contribution in [0.3, 0.4) is 0 Å². The molecule has 0 aromatic rings. The average molecular weight is 220 g/mol. The number of ether oxygens (including phenoxy) is 3. The summed E-state index contributed by atoms with van der Waals surface area (Å²) in [6.45, 7) is 5.89. The van der Waals surface area contributed by atoms with E-state index in [4.69, 9.17) is 14.2 Å². The topological polar surface area (TPSA) is 51.8 Å². The third-order valence-electron chi connectivity index (χ3n) is 1.93. The first-order valence-electron chi connectivity index (χ1n) is 5.42. The van der Waals surface area contributed by atoms with Crippen LogP contribution < -0.4 is 10.6 Å². The Morgan fingerprint density at radius 3 is 1.93 bits per heavy atom. The van der Waals surface area contributed by atoms with Gasteiger partial charge >= 0.3 is 0 Å². The zero-order valence-electron chi connectivity index (χ0n) is 10.0. The highest BCUT2D eigenvalue weighted by atomic mass is 16.5. The van der Waals surface area contributed by atoms with Gasteiger partial charge in [-0.2, -0.15) is 0 Å². The predicted molar refractivity (Wildman–Crippen MR) is 60.0 cm³/mol. The van der Waals surface area contributed by atoms with E-state index >= 15 is 0 Å². The SMILES string of the molecule is CCOCCOCCOCC(NC)NC. The molecule has 0 heterocycles. The molecule has 0 aliphatic carbocycles. The van der Waals surface area contributed by atoms with Crippen LogP contribution in [0.4, 0.5) is 0 Å². The summed E-state index contributed by atoms with van der Waals surface area (Å²) in [6, 6.07) is 0. The zero-order chi connectivity index (χ0) is 11.4. The van der Waals surface area contributed by atoms with Gasteiger partial charge in [-0.25, -0.2) is 0 Å². The number of rotatable bonds is 11. The first-order valence-corrected chi connectivity index (χ1v) is 5.42. The van der Waals surface area contributed by atoms with Gasteiger partial charge in [-0.15, -0.1) is 0 Å². The van der Waals surface area contributed by atoms with Crippen molar-refractivity contribution in [3.05, 3.63) is 0 Å². The van der Waals surface area contributed by atoms with Crippen molar-refractivity contribution in [3.63, 3.8) is 0 Å². The molecule has 0 unspecified atom stereocenters. The highest BCUT2D eigenvalue weighted by Crippen LogP contribution is 1.83. The number of hydrogen-bond acceptors (Lipinski definition) is 5. The van der Waals surface area contributed by atoms with Crippen molar-refractivity contribution in [2.75, 3.05) is 53.7 Å². The molecule has 0 aliphatic rings. The molecule has 0 spiro atoms. The zero-order valence-corrected chi connectivity index (χ0v) is 10.0. The molecular formula is C10H24N2O3. The predicted octanol–water partition coefficient (Wildman–Crippen LogP) is -0.179. The lowest BCUT2D eigenvalue weighted by Crippen LogP contribution is -2.41. The third kappa shape index (κ3) is 10.1. The van der Waals surface area contributed by atoms with Gasteiger partial charge in [0.15, 0.2) is 0 Å². The Balaban J connectivity index is 3.04. The quantitative estimate of drug-likeness (QED) is 0.374. The Morgan fingerprint density at radius 2 is 1.40 bits per heavy atom. The van der Waals surface area contributed by atoms with E-state index < -0.39 is 0 Å². The van der Waals surface area contributed by atoms with Gasteiger partial charge in [0.05, 0.1) is 39.2 Å². The van der Waals surface area contributed by atoms with Crippen LogP contribution in [0.15, 0.2) is 0 Å². The highest BCUT2D eigenvalue weighted by molar-refractivity contribution is 4.55. The molecule has 0 rings (SSSR count). The molecule has 0 saturated carbocycles. The van der Waals surface area contributed by atoms with Crippen LogP contribution in [0, 0.1) is 0 Å². The number of hydrogen-bond donors (Lipinski definition) is 2. The first kappa shape index (κ1) is 14.8. The molecule has 5 nitrogen and oxygen atoms in total. The van der Waals surface area contributed by atoms with Gasteiger partial charge in [-0.1, -0.05) is 0 Å². The fraction of sp³-hybridized carbons (Fsp3) is 1.00. The monoisotopic (exact) mass is 220 g/mol. The van der Waals surface area contributed by atoms with Gasteiger partial charge in [0, 0.05) is 6.61 Å². The molecule has 2 N–H and O–H groups in total. The second-order valence-electron chi connectivity index (χ2n) is 3.01. The summed E-state index contributed by atoms with van der Waals surface area (Å²) >= 11 is 0. The maximum atomic E-state index is 5.39. The smallest absolute Gasteiger partial charge is 0.0808 e. The Labute approximate surface area is 92.5 Å². The second-order valence-corrected chi connectivity index (χ2v) is 3.01. The molecule has 0 atom stereocenters. The van der Waals surface area contributed by atoms with Crippen LogP contribution in [0.25, 0.3) is 0 Å². The fourth-order valence-electron chi connectivity index (χ4n) is 0.994. The van der Waals surface area contributed by atoms with E-state index in [2.05, 4.69) is 10.6 Å². The third-order valence-corrected chi connectivity index (χ3v) is 1.93. The Hall–Kier alpha value is -0.200. The van der Waals surface area contributed by atoms with Crippen molar-refractivity contribution in [1.82, 2.24) is 10.6 Å². The van der Waals surface area contributed by atoms with Gasteiger partial charge in [0.1, 0.15) is 0 Å². The van der Waals surface area contributed by atoms with Crippen molar-refractivity contribution in [1.29, 1.82) is 0 Å². The lowest BCUT2D eigenvalue weighted by atomic mass is 10.5. The van der Waals surface area contributed by atoms with Gasteiger partial charge in [-0.05, 0) is 21.0 Å². The molecule has 0 aromatic carbocycles. The fourth-order valence-corrected chi connectivity index (χ4v) is 0.994. The molecular weight excluding hydrogens is 196 g/mol. The molecule has 0 amide bonds. The van der Waals surface area contributed by atoms with Crippen molar-refractivity contribution in [2.45, 2.75) is 13.1 Å². The lowest BCUT2D eigenvalue weighted by molar-refractivity contribution is 0.0115. The van der Waals surface area contributed by atoms with Crippen LogP contribution in [-0.2, 0) is 14.2 Å². The van der Waals surface area contributed by atoms with Crippen LogP contribution >= 0.6 is 0 Å². The summed E-state index contributed by atoms with van der Waals surface area (Å²) in [6.07, 6.45) is 0.202. The normalized spacial score (nSPS) is 11.2. The summed E-state index contributed by atoms with van der Waals surface area (Å²) in [5.41, 5.74) is 0. The van der Waals surface area contributed by atoms with Gasteiger partial charge in [0.25, 0.3) is 0 Å². The van der Waals surface area contributed by atoms with Gasteiger partial charge in [-0.3, -0.25) is 0 Å². The van der Waals surface area contributed by atoms with E-state index in [0.717, 1.165) is 6.61 Å². The summed E-state index contributed by atoms with van der Waals surface area (Å²) in [7, 11) is 3.78. The minimum atomic E-state index is 0.202. The van der Waals surface area contributed by atoms with E-state index in [1.165, 1.54) is 0 Å². The maximum absolute atomic E-state index is 5.39. The van der Waals surface area contributed by atoms with Crippen molar-refractivity contribution >= 4 is 0 Å². The maximum Gasteiger partial charge on any atom is 0.0808 e. The van der Waals surface area contributed by atoms with E-state index in [0.29, 0.717) is 33.0 Å². The highest BCUT2D eigenvalue weighted by Gasteiger charge is 2.00. The molecule has 0 radical (unpaired) electrons. The van der Waals surface area contributed by atoms with Crippen molar-refractivity contribution < 1.29 is 14.2 Å². The van der Waals surface area contributed by atoms with Crippen LogP contribution in [-0.4, -0.2) is 59.9 Å². The molecule has 0 saturated heterocycles. The molecule has 5 heteroatoms. The van der Waals surface area contributed by atoms with Gasteiger partial charge in [0.2, 0.25) is 0 Å². The number of likely N-dealkylation sites (N-methyl/N-ethyl adjacent to an activating group) is 2. The minimum absolute atomic E-state index is 0.202. The Morgan fingerprint density at radius 1 is 0.867 bits per heavy atom. The van der Waals surface area contributed by atoms with Crippen molar-refractivity contribution in [2.24, 2.45) is 0 Å². The lowest BCUT2D eigenvalue weighted by Gasteiger charge is -2.15. The standard InChI is InChI=1S/C10H24N2O3/c1-4-13-5-6-14-7-8-15-9-10(11-2)12-3/h10-12H,4-9H2,1-3H3. The van der Waals surface area contributed by atoms with Gasteiger partial charge < -0.3 is 24.8 Å². The van der Waals surface area contributed by atoms with Crippen LogP contribution in [0.5, 0.6) is 0 Å². The van der Waals surface area contributed by atoms with Crippen LogP contribution in [0.2, 0.25) is 0 Å². The number of nitrogens with one attached hydrogen (secondary N) is 2. The van der Waals surface area contributed by atoms with E-state index in [1.807, 2.05) is 21.0 Å². The summed E-state index contributed by atoms with van der Waals surface area (Å²) in [4.78, 5) is 0. The molecule has 92 valence electrons. The average Bonchev–Trinajstić information content (AvgIpc) is 2.27. The molecule has 0 aromatic heterocycles. The first-order chi connectivity index (χ1) is 7.35. The van der Waals surface area contributed by atoms with Crippen molar-refractivity contribution in [3.8, 4) is 0 Å². The molecule has 0 aliphatic heterocycles. The Bertz CT molecular complexity index is 121. The summed E-state index contributed by atoms with van der Waals surface area (Å²) < 4.78 is 15.8. The summed E-state index contributed by atoms with van der Waals surface area (Å²) in [5.74, 6) is 0. The van der Waals surface area contributed by atoms with Crippen LogP contribution in [0.1, 0.15) is 6.92 Å². The molecule has 0 bridgehead atoms. The molecule has 0 fully saturated rings. The van der Waals surface area contributed by atoms with E-state index in [1.54, 1.807) is 0 Å². The Kier molecular flexibility index (Phi) is 11.7. The molecule has 15 heavy (non-hydrogen) atoms. The second kappa shape index (κ2) is 11.9.